The molecule has 0 spiro atoms. The van der Waals surface area contributed by atoms with Crippen molar-refractivity contribution < 1.29 is 4.79 Å². The molecule has 2 heteroatoms. The second-order valence-electron chi connectivity index (χ2n) is 4.38. The fourth-order valence-electron chi connectivity index (χ4n) is 2.03. The molecule has 0 amide bonds. The Hall–Kier alpha value is -1.31. The zero-order valence-corrected chi connectivity index (χ0v) is 9.15. The van der Waals surface area contributed by atoms with Crippen LogP contribution in [-0.4, -0.2) is 19.4 Å². The number of aldehydes is 1. The molecular weight excluding hydrogens is 186 g/mol. The first-order valence-corrected chi connectivity index (χ1v) is 5.60. The van der Waals surface area contributed by atoms with Crippen molar-refractivity contribution in [3.8, 4) is 0 Å². The van der Waals surface area contributed by atoms with Crippen LogP contribution in [0, 0.1) is 5.92 Å². The van der Waals surface area contributed by atoms with Crippen LogP contribution in [0.1, 0.15) is 30.1 Å². The zero-order chi connectivity index (χ0) is 10.7. The van der Waals surface area contributed by atoms with E-state index in [1.54, 1.807) is 0 Å². The topological polar surface area (TPSA) is 20.3 Å². The number of carbonyl (C=O) groups excluding carboxylic acids is 1. The number of hydrogen-bond acceptors (Lipinski definition) is 2. The van der Waals surface area contributed by atoms with Crippen molar-refractivity contribution in [2.24, 2.45) is 5.92 Å². The van der Waals surface area contributed by atoms with E-state index in [0.717, 1.165) is 30.9 Å². The van der Waals surface area contributed by atoms with Gasteiger partial charge in [-0.05, 0) is 43.0 Å². The van der Waals surface area contributed by atoms with E-state index in [1.807, 2.05) is 24.3 Å². The van der Waals surface area contributed by atoms with Crippen LogP contribution in [-0.2, 0) is 0 Å². The molecule has 1 aromatic rings. The fourth-order valence-corrected chi connectivity index (χ4v) is 2.03. The molecule has 1 aliphatic heterocycles. The van der Waals surface area contributed by atoms with Gasteiger partial charge >= 0.3 is 0 Å². The summed E-state index contributed by atoms with van der Waals surface area (Å²) in [5.74, 6) is 0.857. The number of piperidine rings is 1. The maximum Gasteiger partial charge on any atom is 0.150 e. The van der Waals surface area contributed by atoms with Crippen molar-refractivity contribution >= 4 is 12.0 Å². The largest absolute Gasteiger partial charge is 0.372 e. The van der Waals surface area contributed by atoms with E-state index in [9.17, 15) is 4.79 Å². The van der Waals surface area contributed by atoms with Gasteiger partial charge in [-0.2, -0.15) is 0 Å². The van der Waals surface area contributed by atoms with E-state index in [2.05, 4.69) is 11.8 Å². The number of nitrogens with zero attached hydrogens (tertiary/aromatic N) is 1. The molecule has 1 fully saturated rings. The smallest absolute Gasteiger partial charge is 0.150 e. The van der Waals surface area contributed by atoms with E-state index >= 15 is 0 Å². The third kappa shape index (κ3) is 2.38. The molecule has 80 valence electrons. The van der Waals surface area contributed by atoms with Crippen molar-refractivity contribution in [3.63, 3.8) is 0 Å². The Morgan fingerprint density at radius 3 is 2.33 bits per heavy atom. The van der Waals surface area contributed by atoms with Gasteiger partial charge in [0.25, 0.3) is 0 Å². The second kappa shape index (κ2) is 4.47. The molecule has 1 aliphatic rings. The molecule has 2 nitrogen and oxygen atoms in total. The lowest BCUT2D eigenvalue weighted by molar-refractivity contribution is 0.112. The van der Waals surface area contributed by atoms with Gasteiger partial charge in [0.1, 0.15) is 6.29 Å². The van der Waals surface area contributed by atoms with Crippen LogP contribution in [0.3, 0.4) is 0 Å². The highest BCUT2D eigenvalue weighted by Crippen LogP contribution is 2.22. The summed E-state index contributed by atoms with van der Waals surface area (Å²) in [6.07, 6.45) is 3.44. The predicted octanol–water partition coefficient (Wildman–Crippen LogP) is 2.74. The van der Waals surface area contributed by atoms with Gasteiger partial charge in [0.05, 0.1) is 0 Å². The normalized spacial score (nSPS) is 17.8. The number of hydrogen-bond donors (Lipinski definition) is 0. The molecule has 0 unspecified atom stereocenters. The molecule has 0 aliphatic carbocycles. The molecule has 0 radical (unpaired) electrons. The zero-order valence-electron chi connectivity index (χ0n) is 9.15. The van der Waals surface area contributed by atoms with Gasteiger partial charge in [0.15, 0.2) is 0 Å². The second-order valence-corrected chi connectivity index (χ2v) is 4.38. The number of rotatable bonds is 2. The molecule has 15 heavy (non-hydrogen) atoms. The highest BCUT2D eigenvalue weighted by Gasteiger charge is 2.15. The van der Waals surface area contributed by atoms with Crippen LogP contribution < -0.4 is 4.90 Å². The Morgan fingerprint density at radius 1 is 1.20 bits per heavy atom. The third-order valence-corrected chi connectivity index (χ3v) is 3.18. The molecule has 2 rings (SSSR count). The molecule has 0 saturated carbocycles. The summed E-state index contributed by atoms with van der Waals surface area (Å²) in [5, 5.41) is 0. The molecule has 1 aromatic carbocycles. The van der Waals surface area contributed by atoms with Gasteiger partial charge in [0, 0.05) is 24.3 Å². The van der Waals surface area contributed by atoms with E-state index in [4.69, 9.17) is 0 Å². The van der Waals surface area contributed by atoms with Crippen LogP contribution in [0.4, 0.5) is 5.69 Å². The lowest BCUT2D eigenvalue weighted by atomic mass is 9.99. The van der Waals surface area contributed by atoms with Gasteiger partial charge in [-0.3, -0.25) is 4.79 Å². The van der Waals surface area contributed by atoms with E-state index in [0.29, 0.717) is 0 Å². The monoisotopic (exact) mass is 203 g/mol. The SMILES string of the molecule is CC1CCN(c2ccc(C=O)cc2)CC1. The minimum Gasteiger partial charge on any atom is -0.372 e. The van der Waals surface area contributed by atoms with E-state index in [-0.39, 0.29) is 0 Å². The predicted molar refractivity (Wildman–Crippen MR) is 62.4 cm³/mol. The van der Waals surface area contributed by atoms with Crippen molar-refractivity contribution in [2.45, 2.75) is 19.8 Å². The molecule has 0 bridgehead atoms. The van der Waals surface area contributed by atoms with E-state index in [1.165, 1.54) is 18.5 Å². The Bertz CT molecular complexity index is 323. The van der Waals surface area contributed by atoms with Crippen LogP contribution >= 0.6 is 0 Å². The Morgan fingerprint density at radius 2 is 1.80 bits per heavy atom. The number of benzene rings is 1. The molecule has 0 N–H and O–H groups in total. The van der Waals surface area contributed by atoms with Crippen molar-refractivity contribution in [1.29, 1.82) is 0 Å². The summed E-state index contributed by atoms with van der Waals surface area (Å²) >= 11 is 0. The lowest BCUT2D eigenvalue weighted by Crippen LogP contribution is -2.32. The highest BCUT2D eigenvalue weighted by molar-refractivity contribution is 5.75. The fraction of sp³-hybridized carbons (Fsp3) is 0.462. The van der Waals surface area contributed by atoms with Gasteiger partial charge in [-0.15, -0.1) is 0 Å². The molecule has 0 aromatic heterocycles. The maximum absolute atomic E-state index is 10.5. The van der Waals surface area contributed by atoms with Gasteiger partial charge < -0.3 is 4.90 Å². The van der Waals surface area contributed by atoms with Crippen LogP contribution in [0.5, 0.6) is 0 Å². The molecule has 0 atom stereocenters. The van der Waals surface area contributed by atoms with Crippen LogP contribution in [0.15, 0.2) is 24.3 Å². The van der Waals surface area contributed by atoms with Crippen molar-refractivity contribution in [1.82, 2.24) is 0 Å². The third-order valence-electron chi connectivity index (χ3n) is 3.18. The van der Waals surface area contributed by atoms with E-state index < -0.39 is 0 Å². The Kier molecular flexibility index (Phi) is 3.05. The van der Waals surface area contributed by atoms with Crippen molar-refractivity contribution in [3.05, 3.63) is 29.8 Å². The summed E-state index contributed by atoms with van der Waals surface area (Å²) in [6.45, 7) is 4.59. The van der Waals surface area contributed by atoms with Crippen LogP contribution in [0.25, 0.3) is 0 Å². The molecular formula is C13H17NO. The van der Waals surface area contributed by atoms with Crippen LogP contribution in [0.2, 0.25) is 0 Å². The minimum atomic E-state index is 0.754. The maximum atomic E-state index is 10.5. The highest BCUT2D eigenvalue weighted by atomic mass is 16.1. The summed E-state index contributed by atoms with van der Waals surface area (Å²) in [4.78, 5) is 12.9. The van der Waals surface area contributed by atoms with Crippen molar-refractivity contribution in [2.75, 3.05) is 18.0 Å². The van der Waals surface area contributed by atoms with Gasteiger partial charge in [0.2, 0.25) is 0 Å². The summed E-state index contributed by atoms with van der Waals surface area (Å²) in [5.41, 5.74) is 2.00. The number of anilines is 1. The first kappa shape index (κ1) is 10.2. The first-order chi connectivity index (χ1) is 7.29. The first-order valence-electron chi connectivity index (χ1n) is 5.60. The Balaban J connectivity index is 2.06. The van der Waals surface area contributed by atoms with Gasteiger partial charge in [-0.25, -0.2) is 0 Å². The lowest BCUT2D eigenvalue weighted by Gasteiger charge is -2.32. The standard InChI is InChI=1S/C13H17NO/c1-11-6-8-14(9-7-11)13-4-2-12(10-15)3-5-13/h2-5,10-11H,6-9H2,1H3. The molecule has 1 saturated heterocycles. The summed E-state index contributed by atoms with van der Waals surface area (Å²) in [7, 11) is 0. The minimum absolute atomic E-state index is 0.754. The Labute approximate surface area is 90.9 Å². The quantitative estimate of drug-likeness (QED) is 0.689. The summed E-state index contributed by atoms with van der Waals surface area (Å²) < 4.78 is 0. The average Bonchev–Trinajstić information content (AvgIpc) is 2.30. The summed E-state index contributed by atoms with van der Waals surface area (Å²) in [6, 6.07) is 7.86. The average molecular weight is 203 g/mol. The van der Waals surface area contributed by atoms with Gasteiger partial charge in [-0.1, -0.05) is 6.92 Å². The number of carbonyl (C=O) groups is 1. The molecule has 1 heterocycles.